The lowest BCUT2D eigenvalue weighted by Crippen LogP contribution is -2.41. The summed E-state index contributed by atoms with van der Waals surface area (Å²) < 4.78 is 26.9. The zero-order chi connectivity index (χ0) is 17.9. The van der Waals surface area contributed by atoms with Crippen LogP contribution in [0.15, 0.2) is 47.4 Å². The first-order chi connectivity index (χ1) is 11.2. The standard InChI is InChI=1S/C16H16Cl2N2O3S/c1-10-3-6-13(7-4-10)24(22,23)20-11(2)16(21)19-12-5-8-14(17)15(18)9-12/h3-9,11,20H,1-2H3,(H,19,21)/t11-/m1/s1. The number of anilines is 1. The third kappa shape index (κ3) is 4.70. The highest BCUT2D eigenvalue weighted by atomic mass is 35.5. The summed E-state index contributed by atoms with van der Waals surface area (Å²) >= 11 is 11.7. The number of benzene rings is 2. The van der Waals surface area contributed by atoms with E-state index in [4.69, 9.17) is 23.2 Å². The fraction of sp³-hybridized carbons (Fsp3) is 0.188. The number of rotatable bonds is 5. The van der Waals surface area contributed by atoms with Gasteiger partial charge in [-0.2, -0.15) is 4.72 Å². The van der Waals surface area contributed by atoms with Crippen LogP contribution < -0.4 is 10.0 Å². The fourth-order valence-corrected chi connectivity index (χ4v) is 3.40. The van der Waals surface area contributed by atoms with Crippen LogP contribution in [0.25, 0.3) is 0 Å². The minimum absolute atomic E-state index is 0.0993. The third-order valence-corrected chi connectivity index (χ3v) is 5.54. The molecular weight excluding hydrogens is 371 g/mol. The van der Waals surface area contributed by atoms with E-state index in [1.165, 1.54) is 25.1 Å². The Kier molecular flexibility index (Phi) is 5.87. The molecule has 0 aliphatic carbocycles. The van der Waals surface area contributed by atoms with Crippen molar-refractivity contribution in [3.05, 3.63) is 58.1 Å². The summed E-state index contributed by atoms with van der Waals surface area (Å²) in [7, 11) is -3.79. The molecule has 0 radical (unpaired) electrons. The minimum Gasteiger partial charge on any atom is -0.325 e. The van der Waals surface area contributed by atoms with Crippen molar-refractivity contribution in [3.63, 3.8) is 0 Å². The number of sulfonamides is 1. The molecule has 0 aromatic heterocycles. The molecule has 0 unspecified atom stereocenters. The first kappa shape index (κ1) is 18.7. The van der Waals surface area contributed by atoms with Crippen LogP contribution in [0.4, 0.5) is 5.69 Å². The summed E-state index contributed by atoms with van der Waals surface area (Å²) in [4.78, 5) is 12.3. The van der Waals surface area contributed by atoms with Crippen molar-refractivity contribution in [1.29, 1.82) is 0 Å². The molecule has 1 amide bonds. The van der Waals surface area contributed by atoms with Crippen LogP contribution in [0.1, 0.15) is 12.5 Å². The lowest BCUT2D eigenvalue weighted by Gasteiger charge is -2.15. The molecule has 2 aromatic rings. The van der Waals surface area contributed by atoms with Gasteiger partial charge in [0.25, 0.3) is 0 Å². The Hall–Kier alpha value is -1.60. The molecule has 0 aliphatic rings. The molecule has 2 N–H and O–H groups in total. The molecule has 24 heavy (non-hydrogen) atoms. The van der Waals surface area contributed by atoms with Crippen molar-refractivity contribution in [2.45, 2.75) is 24.8 Å². The first-order valence-electron chi connectivity index (χ1n) is 7.04. The van der Waals surface area contributed by atoms with Crippen molar-refractivity contribution < 1.29 is 13.2 Å². The van der Waals surface area contributed by atoms with E-state index in [1.807, 2.05) is 6.92 Å². The number of hydrogen-bond acceptors (Lipinski definition) is 3. The zero-order valence-electron chi connectivity index (χ0n) is 13.0. The number of amides is 1. The molecule has 8 heteroatoms. The van der Waals surface area contributed by atoms with E-state index in [-0.39, 0.29) is 4.90 Å². The molecule has 0 spiro atoms. The van der Waals surface area contributed by atoms with Gasteiger partial charge in [-0.15, -0.1) is 0 Å². The van der Waals surface area contributed by atoms with Gasteiger partial charge in [0, 0.05) is 5.69 Å². The van der Waals surface area contributed by atoms with Crippen LogP contribution in [-0.4, -0.2) is 20.4 Å². The minimum atomic E-state index is -3.79. The number of halogens is 2. The topological polar surface area (TPSA) is 75.3 Å². The molecule has 128 valence electrons. The average molecular weight is 387 g/mol. The second-order valence-corrected chi connectivity index (χ2v) is 7.80. The van der Waals surface area contributed by atoms with Crippen molar-refractivity contribution in [2.75, 3.05) is 5.32 Å². The Morgan fingerprint density at radius 2 is 1.67 bits per heavy atom. The third-order valence-electron chi connectivity index (χ3n) is 3.24. The molecule has 0 saturated carbocycles. The number of carbonyl (C=O) groups excluding carboxylic acids is 1. The lowest BCUT2D eigenvalue weighted by atomic mass is 10.2. The molecule has 1 atom stereocenters. The van der Waals surface area contributed by atoms with Crippen molar-refractivity contribution in [1.82, 2.24) is 4.72 Å². The molecule has 2 rings (SSSR count). The highest BCUT2D eigenvalue weighted by Gasteiger charge is 2.22. The second-order valence-electron chi connectivity index (χ2n) is 5.27. The highest BCUT2D eigenvalue weighted by molar-refractivity contribution is 7.89. The van der Waals surface area contributed by atoms with E-state index < -0.39 is 22.0 Å². The van der Waals surface area contributed by atoms with Gasteiger partial charge in [-0.05, 0) is 44.2 Å². The molecule has 0 bridgehead atoms. The summed E-state index contributed by atoms with van der Waals surface area (Å²) in [6.45, 7) is 3.32. The van der Waals surface area contributed by atoms with E-state index in [0.717, 1.165) is 5.56 Å². The van der Waals surface area contributed by atoms with E-state index in [0.29, 0.717) is 15.7 Å². The fourth-order valence-electron chi connectivity index (χ4n) is 1.90. The lowest BCUT2D eigenvalue weighted by molar-refractivity contribution is -0.117. The summed E-state index contributed by atoms with van der Waals surface area (Å²) in [5.41, 5.74) is 1.37. The molecule has 0 heterocycles. The number of aryl methyl sites for hydroxylation is 1. The largest absolute Gasteiger partial charge is 0.325 e. The first-order valence-corrected chi connectivity index (χ1v) is 9.28. The molecular formula is C16H16Cl2N2O3S. The van der Waals surface area contributed by atoms with Gasteiger partial charge < -0.3 is 5.32 Å². The maximum Gasteiger partial charge on any atom is 0.242 e. The number of hydrogen-bond donors (Lipinski definition) is 2. The predicted octanol–water partition coefficient (Wildman–Crippen LogP) is 3.61. The van der Waals surface area contributed by atoms with E-state index in [9.17, 15) is 13.2 Å². The van der Waals surface area contributed by atoms with Crippen LogP contribution in [0.2, 0.25) is 10.0 Å². The second kappa shape index (κ2) is 7.53. The van der Waals surface area contributed by atoms with Gasteiger partial charge in [0.1, 0.15) is 0 Å². The Morgan fingerprint density at radius 3 is 2.25 bits per heavy atom. The smallest absolute Gasteiger partial charge is 0.242 e. The number of nitrogens with one attached hydrogen (secondary N) is 2. The molecule has 0 saturated heterocycles. The monoisotopic (exact) mass is 386 g/mol. The summed E-state index contributed by atoms with van der Waals surface area (Å²) in [5.74, 6) is -0.510. The van der Waals surface area contributed by atoms with Crippen molar-refractivity contribution in [2.24, 2.45) is 0 Å². The zero-order valence-corrected chi connectivity index (χ0v) is 15.3. The molecule has 0 fully saturated rings. The van der Waals surface area contributed by atoms with Gasteiger partial charge in [0.2, 0.25) is 15.9 Å². The van der Waals surface area contributed by atoms with Crippen LogP contribution in [-0.2, 0) is 14.8 Å². The van der Waals surface area contributed by atoms with Crippen molar-refractivity contribution in [3.8, 4) is 0 Å². The predicted molar refractivity (Wildman–Crippen MR) is 96.1 cm³/mol. The van der Waals surface area contributed by atoms with Crippen molar-refractivity contribution >= 4 is 44.8 Å². The molecule has 2 aromatic carbocycles. The van der Waals surface area contributed by atoms with E-state index in [1.54, 1.807) is 24.3 Å². The van der Waals surface area contributed by atoms with Crippen LogP contribution in [0.3, 0.4) is 0 Å². The van der Waals surface area contributed by atoms with Crippen LogP contribution in [0.5, 0.6) is 0 Å². The summed E-state index contributed by atoms with van der Waals surface area (Å²) in [6, 6.07) is 9.99. The quantitative estimate of drug-likeness (QED) is 0.823. The Morgan fingerprint density at radius 1 is 1.04 bits per heavy atom. The Bertz CT molecular complexity index is 852. The maximum atomic E-state index is 12.3. The van der Waals surface area contributed by atoms with Gasteiger partial charge in [-0.25, -0.2) is 8.42 Å². The van der Waals surface area contributed by atoms with Gasteiger partial charge in [-0.3, -0.25) is 4.79 Å². The average Bonchev–Trinajstić information content (AvgIpc) is 2.51. The molecule has 0 aliphatic heterocycles. The maximum absolute atomic E-state index is 12.3. The van der Waals surface area contributed by atoms with E-state index >= 15 is 0 Å². The summed E-state index contributed by atoms with van der Waals surface area (Å²) in [5, 5.41) is 3.24. The van der Waals surface area contributed by atoms with Gasteiger partial charge >= 0.3 is 0 Å². The van der Waals surface area contributed by atoms with Gasteiger partial charge in [0.15, 0.2) is 0 Å². The SMILES string of the molecule is Cc1ccc(S(=O)(=O)N[C@H](C)C(=O)Nc2ccc(Cl)c(Cl)c2)cc1. The van der Waals surface area contributed by atoms with E-state index in [2.05, 4.69) is 10.0 Å². The number of carbonyl (C=O) groups is 1. The normalized spacial score (nSPS) is 12.7. The van der Waals surface area contributed by atoms with Crippen LogP contribution >= 0.6 is 23.2 Å². The van der Waals surface area contributed by atoms with Gasteiger partial charge in [-0.1, -0.05) is 40.9 Å². The van der Waals surface area contributed by atoms with Gasteiger partial charge in [0.05, 0.1) is 21.0 Å². The summed E-state index contributed by atoms with van der Waals surface area (Å²) in [6.07, 6.45) is 0. The van der Waals surface area contributed by atoms with Crippen LogP contribution in [0, 0.1) is 6.92 Å². The highest BCUT2D eigenvalue weighted by Crippen LogP contribution is 2.25. The Labute approximate surface area is 151 Å². The molecule has 5 nitrogen and oxygen atoms in total. The Balaban J connectivity index is 2.07.